The topological polar surface area (TPSA) is 109 Å². The smallest absolute Gasteiger partial charge is 0.421 e. The van der Waals surface area contributed by atoms with Gasteiger partial charge in [0, 0.05) is 68.0 Å². The van der Waals surface area contributed by atoms with Crippen LogP contribution in [-0.2, 0) is 22.3 Å². The van der Waals surface area contributed by atoms with Gasteiger partial charge < -0.3 is 19.7 Å². The molecule has 0 aliphatic carbocycles. The molecular formula is C30H38F4N8O3S. The molecule has 0 bridgehead atoms. The largest absolute Gasteiger partial charge is 0.481 e. The number of thiazole rings is 1. The summed E-state index contributed by atoms with van der Waals surface area (Å²) in [6, 6.07) is 1.56. The zero-order valence-corrected chi connectivity index (χ0v) is 27.0. The SMILES string of the molecule is CCOC(=O)CCN1CCN(c2ncnc(Nc3nc(-c4cnc(OC)c(C(F)(F)F)c4)c(CN4[C@H](C)CC[C@H]4C)s3)c2F)CC1. The van der Waals surface area contributed by atoms with Crippen molar-refractivity contribution in [2.45, 2.75) is 64.8 Å². The minimum atomic E-state index is -4.68. The Morgan fingerprint density at radius 1 is 1.11 bits per heavy atom. The Labute approximate surface area is 269 Å². The molecule has 5 rings (SSSR count). The zero-order valence-electron chi connectivity index (χ0n) is 26.2. The molecule has 3 aromatic rings. The van der Waals surface area contributed by atoms with Gasteiger partial charge in [-0.2, -0.15) is 17.6 Å². The van der Waals surface area contributed by atoms with Crippen LogP contribution in [0.2, 0.25) is 0 Å². The third kappa shape index (κ3) is 7.66. The van der Waals surface area contributed by atoms with Crippen molar-refractivity contribution in [3.05, 3.63) is 34.8 Å². The van der Waals surface area contributed by atoms with Crippen LogP contribution in [0, 0.1) is 5.82 Å². The van der Waals surface area contributed by atoms with Crippen LogP contribution in [0.3, 0.4) is 0 Å². The molecule has 3 aromatic heterocycles. The van der Waals surface area contributed by atoms with Crippen LogP contribution in [-0.4, -0.2) is 94.2 Å². The van der Waals surface area contributed by atoms with Crippen LogP contribution in [0.15, 0.2) is 18.6 Å². The van der Waals surface area contributed by atoms with Crippen molar-refractivity contribution in [1.82, 2.24) is 29.7 Å². The fourth-order valence-electron chi connectivity index (χ4n) is 5.85. The number of nitrogens with one attached hydrogen (secondary N) is 1. The van der Waals surface area contributed by atoms with Gasteiger partial charge in [-0.25, -0.2) is 19.9 Å². The predicted molar refractivity (Wildman–Crippen MR) is 166 cm³/mol. The molecule has 0 amide bonds. The van der Waals surface area contributed by atoms with E-state index in [4.69, 9.17) is 9.47 Å². The lowest BCUT2D eigenvalue weighted by atomic mass is 10.1. The van der Waals surface area contributed by atoms with Crippen molar-refractivity contribution in [3.63, 3.8) is 0 Å². The van der Waals surface area contributed by atoms with Gasteiger partial charge in [0.15, 0.2) is 16.8 Å². The second-order valence-electron chi connectivity index (χ2n) is 11.4. The molecule has 250 valence electrons. The number of carbonyl (C=O) groups is 1. The van der Waals surface area contributed by atoms with E-state index in [0.717, 1.165) is 30.9 Å². The second-order valence-corrected chi connectivity index (χ2v) is 12.5. The fraction of sp³-hybridized carbons (Fsp3) is 0.567. The normalized spacial score (nSPS) is 19.4. The van der Waals surface area contributed by atoms with Crippen molar-refractivity contribution in [1.29, 1.82) is 0 Å². The first-order valence-corrected chi connectivity index (χ1v) is 16.1. The second kappa shape index (κ2) is 14.4. The third-order valence-electron chi connectivity index (χ3n) is 8.39. The molecule has 0 aromatic carbocycles. The van der Waals surface area contributed by atoms with Gasteiger partial charge in [0.2, 0.25) is 11.7 Å². The maximum Gasteiger partial charge on any atom is 0.421 e. The Balaban J connectivity index is 1.38. The first-order chi connectivity index (χ1) is 22.0. The minimum absolute atomic E-state index is 0.0895. The highest BCUT2D eigenvalue weighted by atomic mass is 32.1. The number of ether oxygens (including phenoxy) is 2. The summed E-state index contributed by atoms with van der Waals surface area (Å²) in [5, 5.41) is 3.24. The van der Waals surface area contributed by atoms with E-state index in [1.54, 1.807) is 6.92 Å². The van der Waals surface area contributed by atoms with E-state index in [9.17, 15) is 18.0 Å². The number of methoxy groups -OCH3 is 1. The number of hydrogen-bond acceptors (Lipinski definition) is 12. The molecule has 2 aliphatic heterocycles. The van der Waals surface area contributed by atoms with Gasteiger partial charge in [0.25, 0.3) is 0 Å². The summed E-state index contributed by atoms with van der Waals surface area (Å²) in [4.78, 5) is 35.5. The van der Waals surface area contributed by atoms with Crippen LogP contribution in [0.1, 0.15) is 50.5 Å². The standard InChI is InChI=1S/C30H38F4N8O3S/c1-5-45-23(43)8-9-40-10-12-41(13-11-40)27-24(31)26(36-17-37-27)39-29-38-25(22(46-29)16-42-18(2)6-7-19(42)3)20-14-21(30(32,33)34)28(44-4)35-15-20/h14-15,17-19H,5-13,16H2,1-4H3,(H,36,37,38,39)/t18-,19-/m1/s1. The Morgan fingerprint density at radius 2 is 1.83 bits per heavy atom. The number of aromatic nitrogens is 4. The van der Waals surface area contributed by atoms with Crippen molar-refractivity contribution < 1.29 is 31.8 Å². The van der Waals surface area contributed by atoms with Crippen molar-refractivity contribution in [2.75, 3.05) is 56.7 Å². The van der Waals surface area contributed by atoms with E-state index >= 15 is 4.39 Å². The zero-order chi connectivity index (χ0) is 33.0. The first-order valence-electron chi connectivity index (χ1n) is 15.3. The molecule has 16 heteroatoms. The van der Waals surface area contributed by atoms with E-state index in [2.05, 4.69) is 48.9 Å². The van der Waals surface area contributed by atoms with E-state index in [1.807, 2.05) is 4.90 Å². The van der Waals surface area contributed by atoms with Gasteiger partial charge in [0.05, 0.1) is 25.8 Å². The summed E-state index contributed by atoms with van der Waals surface area (Å²) in [5.74, 6) is -1.39. The maximum absolute atomic E-state index is 15.8. The molecule has 2 saturated heterocycles. The Hall–Kier alpha value is -3.63. The van der Waals surface area contributed by atoms with E-state index in [0.29, 0.717) is 58.0 Å². The third-order valence-corrected chi connectivity index (χ3v) is 9.34. The van der Waals surface area contributed by atoms with Crippen LogP contribution in [0.5, 0.6) is 5.88 Å². The molecule has 1 N–H and O–H groups in total. The number of carbonyl (C=O) groups excluding carboxylic acids is 1. The summed E-state index contributed by atoms with van der Waals surface area (Å²) in [5.41, 5.74) is -0.499. The van der Waals surface area contributed by atoms with E-state index in [-0.39, 0.29) is 40.4 Å². The summed E-state index contributed by atoms with van der Waals surface area (Å²) in [6.45, 7) is 9.61. The maximum atomic E-state index is 15.8. The number of nitrogens with zero attached hydrogens (tertiary/aromatic N) is 7. The molecule has 0 saturated carbocycles. The number of hydrogen-bond donors (Lipinski definition) is 1. The Bertz CT molecular complexity index is 1510. The van der Waals surface area contributed by atoms with Crippen LogP contribution in [0.25, 0.3) is 11.3 Å². The van der Waals surface area contributed by atoms with Gasteiger partial charge in [0.1, 0.15) is 11.9 Å². The van der Waals surface area contributed by atoms with Crippen LogP contribution in [0.4, 0.5) is 34.3 Å². The van der Waals surface area contributed by atoms with Gasteiger partial charge in [-0.1, -0.05) is 11.3 Å². The Morgan fingerprint density at radius 3 is 2.48 bits per heavy atom. The molecule has 2 atom stereocenters. The number of halogens is 4. The average Bonchev–Trinajstić information content (AvgIpc) is 3.58. The molecule has 0 unspecified atom stereocenters. The first kappa shape index (κ1) is 33.7. The molecule has 0 spiro atoms. The van der Waals surface area contributed by atoms with Gasteiger partial charge in [-0.3, -0.25) is 14.6 Å². The fourth-order valence-corrected chi connectivity index (χ4v) is 6.84. The highest BCUT2D eigenvalue weighted by molar-refractivity contribution is 7.16. The lowest BCUT2D eigenvalue weighted by molar-refractivity contribution is -0.143. The molecule has 11 nitrogen and oxygen atoms in total. The minimum Gasteiger partial charge on any atom is -0.481 e. The molecule has 2 fully saturated rings. The predicted octanol–water partition coefficient (Wildman–Crippen LogP) is 5.35. The average molecular weight is 667 g/mol. The summed E-state index contributed by atoms with van der Waals surface area (Å²) in [6.07, 6.45) is 0.204. The highest BCUT2D eigenvalue weighted by Crippen LogP contribution is 2.41. The number of pyridine rings is 1. The van der Waals surface area contributed by atoms with Crippen LogP contribution < -0.4 is 15.0 Å². The monoisotopic (exact) mass is 666 g/mol. The van der Waals surface area contributed by atoms with Crippen molar-refractivity contribution >= 4 is 34.1 Å². The van der Waals surface area contributed by atoms with E-state index < -0.39 is 23.4 Å². The van der Waals surface area contributed by atoms with Gasteiger partial charge in [-0.15, -0.1) is 0 Å². The summed E-state index contributed by atoms with van der Waals surface area (Å²) < 4.78 is 67.3. The highest BCUT2D eigenvalue weighted by Gasteiger charge is 2.36. The van der Waals surface area contributed by atoms with Gasteiger partial charge >= 0.3 is 12.1 Å². The molecule has 2 aliphatic rings. The number of anilines is 3. The molecule has 0 radical (unpaired) electrons. The number of alkyl halides is 3. The Kier molecular flexibility index (Phi) is 10.6. The van der Waals surface area contributed by atoms with Crippen LogP contribution >= 0.6 is 11.3 Å². The summed E-state index contributed by atoms with van der Waals surface area (Å²) >= 11 is 1.24. The molecule has 5 heterocycles. The molecular weight excluding hydrogens is 628 g/mol. The number of rotatable bonds is 11. The number of piperazine rings is 1. The molecule has 46 heavy (non-hydrogen) atoms. The van der Waals surface area contributed by atoms with Gasteiger partial charge in [-0.05, 0) is 39.7 Å². The van der Waals surface area contributed by atoms with E-state index in [1.165, 1.54) is 23.9 Å². The lowest BCUT2D eigenvalue weighted by Crippen LogP contribution is -2.47. The quantitative estimate of drug-likeness (QED) is 0.211. The number of esters is 1. The lowest BCUT2D eigenvalue weighted by Gasteiger charge is -2.35. The summed E-state index contributed by atoms with van der Waals surface area (Å²) in [7, 11) is 1.14. The number of likely N-dealkylation sites (tertiary alicyclic amines) is 1. The van der Waals surface area contributed by atoms with Crippen molar-refractivity contribution in [3.8, 4) is 17.1 Å². The van der Waals surface area contributed by atoms with Crippen molar-refractivity contribution in [2.24, 2.45) is 0 Å².